The summed E-state index contributed by atoms with van der Waals surface area (Å²) in [5, 5.41) is 15.6. The van der Waals surface area contributed by atoms with Crippen molar-refractivity contribution >= 4 is 11.6 Å². The first-order valence-corrected chi connectivity index (χ1v) is 6.87. The third-order valence-corrected chi connectivity index (χ3v) is 3.77. The summed E-state index contributed by atoms with van der Waals surface area (Å²) in [4.78, 5) is 11.5. The predicted molar refractivity (Wildman–Crippen MR) is 76.5 cm³/mol. The van der Waals surface area contributed by atoms with Crippen LogP contribution in [0, 0.1) is 6.92 Å². The highest BCUT2D eigenvalue weighted by atomic mass is 16.3. The number of amides is 1. The van der Waals surface area contributed by atoms with Crippen LogP contribution in [0.25, 0.3) is 0 Å². The maximum absolute atomic E-state index is 11.5. The number of aliphatic hydroxyl groups excluding tert-OH is 1. The molecule has 1 amide bonds. The number of carbonyl (C=O) groups excluding carboxylic acids is 1. The lowest BCUT2D eigenvalue weighted by Gasteiger charge is -2.27. The zero-order valence-corrected chi connectivity index (χ0v) is 11.6. The number of anilines is 1. The molecule has 1 aliphatic rings. The van der Waals surface area contributed by atoms with E-state index in [1.165, 1.54) is 0 Å². The van der Waals surface area contributed by atoms with Crippen LogP contribution in [0.2, 0.25) is 0 Å². The van der Waals surface area contributed by atoms with Crippen LogP contribution in [-0.4, -0.2) is 30.2 Å². The van der Waals surface area contributed by atoms with Gasteiger partial charge in [0.25, 0.3) is 5.91 Å². The number of hydrogen-bond acceptors (Lipinski definition) is 3. The number of rotatable bonds is 3. The fourth-order valence-electron chi connectivity index (χ4n) is 2.55. The van der Waals surface area contributed by atoms with E-state index in [1.54, 1.807) is 7.05 Å². The van der Waals surface area contributed by atoms with Crippen molar-refractivity contribution in [3.8, 4) is 0 Å². The van der Waals surface area contributed by atoms with Crippen LogP contribution >= 0.6 is 0 Å². The van der Waals surface area contributed by atoms with Crippen LogP contribution in [0.15, 0.2) is 18.2 Å². The molecule has 1 saturated carbocycles. The van der Waals surface area contributed by atoms with Gasteiger partial charge < -0.3 is 15.7 Å². The number of benzene rings is 1. The van der Waals surface area contributed by atoms with E-state index in [0.717, 1.165) is 36.9 Å². The van der Waals surface area contributed by atoms with Gasteiger partial charge in [0.05, 0.1) is 6.10 Å². The fourth-order valence-corrected chi connectivity index (χ4v) is 2.55. The van der Waals surface area contributed by atoms with Crippen molar-refractivity contribution in [2.24, 2.45) is 0 Å². The Labute approximate surface area is 114 Å². The van der Waals surface area contributed by atoms with E-state index in [0.29, 0.717) is 11.6 Å². The second-order valence-electron chi connectivity index (χ2n) is 5.26. The van der Waals surface area contributed by atoms with Crippen molar-refractivity contribution in [1.29, 1.82) is 0 Å². The molecule has 1 aliphatic carbocycles. The monoisotopic (exact) mass is 262 g/mol. The molecule has 19 heavy (non-hydrogen) atoms. The van der Waals surface area contributed by atoms with Gasteiger partial charge in [-0.1, -0.05) is 0 Å². The molecule has 2 rings (SSSR count). The van der Waals surface area contributed by atoms with Crippen LogP contribution in [0.4, 0.5) is 5.69 Å². The van der Waals surface area contributed by atoms with Crippen molar-refractivity contribution in [3.05, 3.63) is 29.3 Å². The predicted octanol–water partition coefficient (Wildman–Crippen LogP) is 2.07. The highest BCUT2D eigenvalue weighted by Gasteiger charge is 2.19. The molecule has 0 saturated heterocycles. The first kappa shape index (κ1) is 13.9. The second kappa shape index (κ2) is 6.06. The summed E-state index contributed by atoms with van der Waals surface area (Å²) >= 11 is 0. The Bertz CT molecular complexity index is 451. The molecule has 1 aromatic rings. The molecule has 0 unspecified atom stereocenters. The van der Waals surface area contributed by atoms with Crippen LogP contribution in [0.5, 0.6) is 0 Å². The number of aryl methyl sites for hydroxylation is 1. The molecule has 0 heterocycles. The van der Waals surface area contributed by atoms with Gasteiger partial charge in [0.15, 0.2) is 0 Å². The smallest absolute Gasteiger partial charge is 0.251 e. The molecule has 0 spiro atoms. The molecular weight excluding hydrogens is 240 g/mol. The van der Waals surface area contributed by atoms with Crippen molar-refractivity contribution in [2.45, 2.75) is 44.8 Å². The van der Waals surface area contributed by atoms with Crippen molar-refractivity contribution in [1.82, 2.24) is 5.32 Å². The number of aliphatic hydroxyl groups is 1. The molecule has 1 fully saturated rings. The van der Waals surface area contributed by atoms with E-state index in [2.05, 4.69) is 10.6 Å². The lowest BCUT2D eigenvalue weighted by molar-refractivity contribution is 0.0963. The highest BCUT2D eigenvalue weighted by molar-refractivity contribution is 5.94. The molecule has 104 valence electrons. The largest absolute Gasteiger partial charge is 0.393 e. The zero-order valence-electron chi connectivity index (χ0n) is 11.6. The maximum Gasteiger partial charge on any atom is 0.251 e. The van der Waals surface area contributed by atoms with Gasteiger partial charge in [-0.2, -0.15) is 0 Å². The summed E-state index contributed by atoms with van der Waals surface area (Å²) in [6.45, 7) is 2.01. The van der Waals surface area contributed by atoms with E-state index in [4.69, 9.17) is 0 Å². The van der Waals surface area contributed by atoms with E-state index in [9.17, 15) is 9.90 Å². The van der Waals surface area contributed by atoms with E-state index in [-0.39, 0.29) is 12.0 Å². The Morgan fingerprint density at radius 2 is 1.95 bits per heavy atom. The fraction of sp³-hybridized carbons (Fsp3) is 0.533. The zero-order chi connectivity index (χ0) is 13.8. The van der Waals surface area contributed by atoms with Crippen LogP contribution in [0.3, 0.4) is 0 Å². The second-order valence-corrected chi connectivity index (χ2v) is 5.26. The van der Waals surface area contributed by atoms with Gasteiger partial charge in [-0.3, -0.25) is 4.79 Å². The van der Waals surface area contributed by atoms with Crippen LogP contribution in [0.1, 0.15) is 41.6 Å². The minimum absolute atomic E-state index is 0.0598. The SMILES string of the molecule is CNC(=O)c1ccc(NC2CCC(O)CC2)c(C)c1. The molecule has 0 aliphatic heterocycles. The lowest BCUT2D eigenvalue weighted by atomic mass is 9.92. The van der Waals surface area contributed by atoms with E-state index >= 15 is 0 Å². The standard InChI is InChI=1S/C15H22N2O2/c1-10-9-11(15(19)16-2)3-8-14(10)17-12-4-6-13(18)7-5-12/h3,8-9,12-13,17-18H,4-7H2,1-2H3,(H,16,19). The Balaban J connectivity index is 2.03. The third kappa shape index (κ3) is 3.47. The number of hydrogen-bond donors (Lipinski definition) is 3. The van der Waals surface area contributed by atoms with E-state index in [1.807, 2.05) is 25.1 Å². The first-order chi connectivity index (χ1) is 9.10. The molecule has 0 aromatic heterocycles. The Morgan fingerprint density at radius 1 is 1.26 bits per heavy atom. The summed E-state index contributed by atoms with van der Waals surface area (Å²) in [5.74, 6) is -0.0598. The van der Waals surface area contributed by atoms with Gasteiger partial charge in [-0.25, -0.2) is 0 Å². The molecular formula is C15H22N2O2. The molecule has 3 N–H and O–H groups in total. The molecule has 1 aromatic carbocycles. The molecule has 0 atom stereocenters. The van der Waals surface area contributed by atoms with Gasteiger partial charge in [0.2, 0.25) is 0 Å². The maximum atomic E-state index is 11.5. The minimum atomic E-state index is -0.130. The van der Waals surface area contributed by atoms with Crippen molar-refractivity contribution in [3.63, 3.8) is 0 Å². The summed E-state index contributed by atoms with van der Waals surface area (Å²) < 4.78 is 0. The van der Waals surface area contributed by atoms with Crippen LogP contribution in [-0.2, 0) is 0 Å². The number of nitrogens with one attached hydrogen (secondary N) is 2. The molecule has 4 nitrogen and oxygen atoms in total. The Hall–Kier alpha value is -1.55. The van der Waals surface area contributed by atoms with Crippen LogP contribution < -0.4 is 10.6 Å². The average Bonchev–Trinajstić information content (AvgIpc) is 2.42. The minimum Gasteiger partial charge on any atom is -0.393 e. The lowest BCUT2D eigenvalue weighted by Crippen LogP contribution is -2.28. The molecule has 0 radical (unpaired) electrons. The van der Waals surface area contributed by atoms with Crippen molar-refractivity contribution in [2.75, 3.05) is 12.4 Å². The van der Waals surface area contributed by atoms with Gasteiger partial charge in [-0.05, 0) is 56.4 Å². The van der Waals surface area contributed by atoms with Gasteiger partial charge in [0, 0.05) is 24.3 Å². The van der Waals surface area contributed by atoms with E-state index < -0.39 is 0 Å². The van der Waals surface area contributed by atoms with Crippen molar-refractivity contribution < 1.29 is 9.90 Å². The van der Waals surface area contributed by atoms with Gasteiger partial charge in [0.1, 0.15) is 0 Å². The summed E-state index contributed by atoms with van der Waals surface area (Å²) in [6.07, 6.45) is 3.60. The Kier molecular flexibility index (Phi) is 4.43. The van der Waals surface area contributed by atoms with Gasteiger partial charge in [-0.15, -0.1) is 0 Å². The molecule has 4 heteroatoms. The summed E-state index contributed by atoms with van der Waals surface area (Å²) in [5.41, 5.74) is 2.84. The first-order valence-electron chi connectivity index (χ1n) is 6.87. The summed E-state index contributed by atoms with van der Waals surface area (Å²) in [7, 11) is 1.64. The topological polar surface area (TPSA) is 61.4 Å². The third-order valence-electron chi connectivity index (χ3n) is 3.77. The van der Waals surface area contributed by atoms with Gasteiger partial charge >= 0.3 is 0 Å². The Morgan fingerprint density at radius 3 is 2.53 bits per heavy atom. The summed E-state index contributed by atoms with van der Waals surface area (Å²) in [6, 6.07) is 6.13. The average molecular weight is 262 g/mol. The number of carbonyl (C=O) groups is 1. The normalized spacial score (nSPS) is 22.9. The molecule has 0 bridgehead atoms. The highest BCUT2D eigenvalue weighted by Crippen LogP contribution is 2.24. The quantitative estimate of drug-likeness (QED) is 0.781.